The summed E-state index contributed by atoms with van der Waals surface area (Å²) in [6.07, 6.45) is 1.46. The minimum atomic E-state index is -1.48. The molecular weight excluding hydrogens is 406 g/mol. The summed E-state index contributed by atoms with van der Waals surface area (Å²) >= 11 is 0. The van der Waals surface area contributed by atoms with Crippen LogP contribution >= 0.6 is 0 Å². The summed E-state index contributed by atoms with van der Waals surface area (Å²) < 4.78 is 17.5. The van der Waals surface area contributed by atoms with E-state index >= 15 is 0 Å². The van der Waals surface area contributed by atoms with Gasteiger partial charge in [0, 0.05) is 34.4 Å². The molecular formula is C21H19N3O5S. The number of nitro benzene ring substituents is 1. The predicted octanol–water partition coefficient (Wildman–Crippen LogP) is 3.94. The lowest BCUT2D eigenvalue weighted by atomic mass is 10.0. The van der Waals surface area contributed by atoms with Crippen LogP contribution in [-0.2, 0) is 15.5 Å². The summed E-state index contributed by atoms with van der Waals surface area (Å²) in [6.45, 7) is 3.45. The second-order valence-electron chi connectivity index (χ2n) is 6.33. The molecule has 3 aromatic rings. The molecule has 9 heteroatoms. The zero-order valence-electron chi connectivity index (χ0n) is 16.6. The van der Waals surface area contributed by atoms with Crippen molar-refractivity contribution in [1.82, 2.24) is 9.97 Å². The monoisotopic (exact) mass is 425 g/mol. The molecule has 1 atom stereocenters. The van der Waals surface area contributed by atoms with Crippen molar-refractivity contribution >= 4 is 22.5 Å². The Morgan fingerprint density at radius 3 is 2.47 bits per heavy atom. The van der Waals surface area contributed by atoms with E-state index in [1.165, 1.54) is 24.5 Å². The second kappa shape index (κ2) is 8.91. The molecule has 2 aromatic carbocycles. The number of carbonyl (C=O) groups is 1. The minimum Gasteiger partial charge on any atom is -0.462 e. The summed E-state index contributed by atoms with van der Waals surface area (Å²) in [5.74, 6) is -0.306. The zero-order chi connectivity index (χ0) is 21.8. The molecule has 3 rings (SSSR count). The van der Waals surface area contributed by atoms with Gasteiger partial charge in [0.2, 0.25) is 0 Å². The largest absolute Gasteiger partial charge is 0.462 e. The number of aromatic nitrogens is 2. The SMILES string of the molecule is CCOC(=O)c1c(C)nc(-c2ccccc2)nc1-c1cc([N+](=O)[O-])ccc1S(C)=O. The van der Waals surface area contributed by atoms with Gasteiger partial charge < -0.3 is 4.74 Å². The number of aryl methyl sites for hydroxylation is 1. The Morgan fingerprint density at radius 1 is 1.17 bits per heavy atom. The normalized spacial score (nSPS) is 11.7. The van der Waals surface area contributed by atoms with E-state index in [1.54, 1.807) is 13.8 Å². The van der Waals surface area contributed by atoms with Crippen molar-refractivity contribution in [3.05, 3.63) is 69.9 Å². The highest BCUT2D eigenvalue weighted by molar-refractivity contribution is 7.84. The van der Waals surface area contributed by atoms with Gasteiger partial charge in [0.25, 0.3) is 5.69 Å². The highest BCUT2D eigenvalue weighted by Gasteiger charge is 2.25. The summed E-state index contributed by atoms with van der Waals surface area (Å²) in [7, 11) is -1.48. The van der Waals surface area contributed by atoms with Crippen LogP contribution in [0.1, 0.15) is 23.0 Å². The molecule has 154 valence electrons. The molecule has 0 radical (unpaired) electrons. The van der Waals surface area contributed by atoms with Gasteiger partial charge in [0.15, 0.2) is 5.82 Å². The van der Waals surface area contributed by atoms with Crippen LogP contribution in [0, 0.1) is 17.0 Å². The van der Waals surface area contributed by atoms with Crippen LogP contribution in [0.2, 0.25) is 0 Å². The van der Waals surface area contributed by atoms with E-state index in [0.29, 0.717) is 22.0 Å². The topological polar surface area (TPSA) is 112 Å². The van der Waals surface area contributed by atoms with Crippen LogP contribution in [0.25, 0.3) is 22.6 Å². The second-order valence-corrected chi connectivity index (χ2v) is 7.68. The lowest BCUT2D eigenvalue weighted by Gasteiger charge is -2.15. The van der Waals surface area contributed by atoms with E-state index in [4.69, 9.17) is 4.74 Å². The van der Waals surface area contributed by atoms with Crippen molar-refractivity contribution in [3.63, 3.8) is 0 Å². The smallest absolute Gasteiger partial charge is 0.342 e. The molecule has 0 aliphatic carbocycles. The third kappa shape index (κ3) is 4.25. The standard InChI is InChI=1S/C21H19N3O5S/c1-4-29-21(25)18-13(2)22-20(14-8-6-5-7-9-14)23-19(18)16-12-15(24(26)27)10-11-17(16)30(3)28/h5-12H,4H2,1-3H3. The average Bonchev–Trinajstić information content (AvgIpc) is 2.73. The van der Waals surface area contributed by atoms with Crippen LogP contribution in [0.3, 0.4) is 0 Å². The molecule has 0 aliphatic rings. The van der Waals surface area contributed by atoms with Gasteiger partial charge in [-0.2, -0.15) is 0 Å². The van der Waals surface area contributed by atoms with Crippen molar-refractivity contribution in [2.45, 2.75) is 18.7 Å². The van der Waals surface area contributed by atoms with Gasteiger partial charge in [-0.1, -0.05) is 30.3 Å². The molecule has 0 bridgehead atoms. The van der Waals surface area contributed by atoms with E-state index in [0.717, 1.165) is 0 Å². The highest BCUT2D eigenvalue weighted by atomic mass is 32.2. The van der Waals surface area contributed by atoms with Crippen LogP contribution in [-0.4, -0.2) is 37.9 Å². The van der Waals surface area contributed by atoms with E-state index < -0.39 is 21.7 Å². The number of rotatable bonds is 6. The Labute approximate surface area is 175 Å². The Hall–Kier alpha value is -3.46. The number of hydrogen-bond donors (Lipinski definition) is 0. The fraction of sp³-hybridized carbons (Fsp3) is 0.190. The molecule has 0 saturated heterocycles. The Kier molecular flexibility index (Phi) is 6.31. The van der Waals surface area contributed by atoms with Crippen LogP contribution in [0.4, 0.5) is 5.69 Å². The van der Waals surface area contributed by atoms with Crippen molar-refractivity contribution in [2.24, 2.45) is 0 Å². The quantitative estimate of drug-likeness (QED) is 0.334. The first-order chi connectivity index (χ1) is 14.3. The fourth-order valence-electron chi connectivity index (χ4n) is 3.00. The number of nitro groups is 1. The molecule has 1 unspecified atom stereocenters. The molecule has 0 amide bonds. The van der Waals surface area contributed by atoms with Gasteiger partial charge in [-0.25, -0.2) is 14.8 Å². The predicted molar refractivity (Wildman–Crippen MR) is 113 cm³/mol. The van der Waals surface area contributed by atoms with Crippen LogP contribution in [0.5, 0.6) is 0 Å². The van der Waals surface area contributed by atoms with Crippen molar-refractivity contribution < 1.29 is 18.7 Å². The maximum atomic E-state index is 12.7. The summed E-state index contributed by atoms with van der Waals surface area (Å²) in [5.41, 5.74) is 1.33. The lowest BCUT2D eigenvalue weighted by molar-refractivity contribution is -0.384. The van der Waals surface area contributed by atoms with Gasteiger partial charge in [-0.3, -0.25) is 14.3 Å². The molecule has 1 aromatic heterocycles. The Bertz CT molecular complexity index is 1150. The van der Waals surface area contributed by atoms with Gasteiger partial charge in [0.1, 0.15) is 5.56 Å². The third-order valence-corrected chi connectivity index (χ3v) is 5.32. The van der Waals surface area contributed by atoms with E-state index in [9.17, 15) is 19.1 Å². The number of esters is 1. The van der Waals surface area contributed by atoms with E-state index in [-0.39, 0.29) is 29.1 Å². The maximum Gasteiger partial charge on any atom is 0.342 e. The van der Waals surface area contributed by atoms with Crippen molar-refractivity contribution in [2.75, 3.05) is 12.9 Å². The molecule has 1 heterocycles. The number of hydrogen-bond acceptors (Lipinski definition) is 7. The summed E-state index contributed by atoms with van der Waals surface area (Å²) in [6, 6.07) is 13.1. The van der Waals surface area contributed by atoms with Gasteiger partial charge in [-0.05, 0) is 19.9 Å². The fourth-order valence-corrected chi connectivity index (χ4v) is 3.72. The van der Waals surface area contributed by atoms with Gasteiger partial charge in [0.05, 0.1) is 33.7 Å². The minimum absolute atomic E-state index is 0.0868. The van der Waals surface area contributed by atoms with Gasteiger partial charge in [-0.15, -0.1) is 0 Å². The van der Waals surface area contributed by atoms with Crippen LogP contribution in [0.15, 0.2) is 53.4 Å². The highest BCUT2D eigenvalue weighted by Crippen LogP contribution is 2.33. The molecule has 0 fully saturated rings. The molecule has 0 aliphatic heterocycles. The maximum absolute atomic E-state index is 12.7. The average molecular weight is 425 g/mol. The molecule has 0 spiro atoms. The van der Waals surface area contributed by atoms with Gasteiger partial charge >= 0.3 is 5.97 Å². The summed E-state index contributed by atoms with van der Waals surface area (Å²) in [4.78, 5) is 32.8. The first-order valence-electron chi connectivity index (χ1n) is 9.06. The molecule has 0 saturated carbocycles. The van der Waals surface area contributed by atoms with E-state index in [2.05, 4.69) is 9.97 Å². The number of ether oxygens (including phenoxy) is 1. The Balaban J connectivity index is 2.38. The number of carbonyl (C=O) groups excluding carboxylic acids is 1. The summed E-state index contributed by atoms with van der Waals surface area (Å²) in [5, 5.41) is 11.3. The van der Waals surface area contributed by atoms with Crippen LogP contribution < -0.4 is 0 Å². The zero-order valence-corrected chi connectivity index (χ0v) is 17.4. The molecule has 8 nitrogen and oxygen atoms in total. The number of non-ortho nitro benzene ring substituents is 1. The van der Waals surface area contributed by atoms with Crippen molar-refractivity contribution in [1.29, 1.82) is 0 Å². The first kappa shape index (κ1) is 21.3. The van der Waals surface area contributed by atoms with Crippen molar-refractivity contribution in [3.8, 4) is 22.6 Å². The molecule has 30 heavy (non-hydrogen) atoms. The van der Waals surface area contributed by atoms with E-state index in [1.807, 2.05) is 30.3 Å². The lowest BCUT2D eigenvalue weighted by Crippen LogP contribution is -2.13. The Morgan fingerprint density at radius 2 is 1.87 bits per heavy atom. The third-order valence-electron chi connectivity index (χ3n) is 4.34. The number of benzene rings is 2. The first-order valence-corrected chi connectivity index (χ1v) is 10.6. The molecule has 0 N–H and O–H groups in total. The number of nitrogens with zero attached hydrogens (tertiary/aromatic N) is 3.